The van der Waals surface area contributed by atoms with Gasteiger partial charge in [0, 0.05) is 10.5 Å². The van der Waals surface area contributed by atoms with Crippen molar-refractivity contribution in [2.24, 2.45) is 11.0 Å². The number of amides is 2. The summed E-state index contributed by atoms with van der Waals surface area (Å²) in [6.07, 6.45) is 3.58. The first-order chi connectivity index (χ1) is 14.0. The number of carbonyl (C=O) groups excluding carboxylic acids is 2. The monoisotopic (exact) mass is 413 g/mol. The van der Waals surface area contributed by atoms with E-state index in [1.165, 1.54) is 0 Å². The number of nitrogens with zero attached hydrogens (tertiary/aromatic N) is 1. The van der Waals surface area contributed by atoms with Crippen molar-refractivity contribution in [2.45, 2.75) is 24.8 Å². The topological polar surface area (TPSA) is 89.0 Å². The van der Waals surface area contributed by atoms with E-state index in [9.17, 15) is 9.59 Å². The van der Waals surface area contributed by atoms with Crippen LogP contribution in [0, 0.1) is 5.92 Å². The van der Waals surface area contributed by atoms with Crippen molar-refractivity contribution in [3.05, 3.63) is 53.6 Å². The maximum absolute atomic E-state index is 12.6. The van der Waals surface area contributed by atoms with Gasteiger partial charge in [0.25, 0.3) is 11.8 Å². The Morgan fingerprint density at radius 2 is 1.83 bits per heavy atom. The number of carbonyl (C=O) groups is 2. The number of benzene rings is 2. The minimum Gasteiger partial charge on any atom is -0.454 e. The summed E-state index contributed by atoms with van der Waals surface area (Å²) in [5.41, 5.74) is 3.77. The lowest BCUT2D eigenvalue weighted by atomic mass is 10.0. The average molecular weight is 413 g/mol. The fraction of sp³-hybridized carbons (Fsp3) is 0.286. The van der Waals surface area contributed by atoms with Crippen LogP contribution in [0.15, 0.2) is 52.5 Å². The highest BCUT2D eigenvalue weighted by Crippen LogP contribution is 2.32. The second kappa shape index (κ2) is 9.47. The molecule has 1 aliphatic heterocycles. The molecule has 0 saturated carbocycles. The molecule has 1 atom stereocenters. The Hall–Kier alpha value is -3.00. The van der Waals surface area contributed by atoms with Gasteiger partial charge in [-0.25, -0.2) is 5.43 Å². The Morgan fingerprint density at radius 3 is 2.52 bits per heavy atom. The predicted molar refractivity (Wildman–Crippen MR) is 113 cm³/mol. The second-order valence-electron chi connectivity index (χ2n) is 6.77. The summed E-state index contributed by atoms with van der Waals surface area (Å²) in [4.78, 5) is 26.3. The highest BCUT2D eigenvalue weighted by Gasteiger charge is 2.25. The molecule has 0 radical (unpaired) electrons. The molecule has 1 aliphatic rings. The zero-order valence-electron chi connectivity index (χ0n) is 16.5. The lowest BCUT2D eigenvalue weighted by molar-refractivity contribution is -0.123. The molecule has 2 N–H and O–H groups in total. The largest absolute Gasteiger partial charge is 0.454 e. The van der Waals surface area contributed by atoms with Gasteiger partial charge in [-0.1, -0.05) is 26.0 Å². The highest BCUT2D eigenvalue weighted by atomic mass is 32.2. The van der Waals surface area contributed by atoms with Gasteiger partial charge in [0.05, 0.1) is 6.21 Å². The van der Waals surface area contributed by atoms with E-state index < -0.39 is 6.04 Å². The van der Waals surface area contributed by atoms with Gasteiger partial charge >= 0.3 is 0 Å². The molecule has 2 amide bonds. The van der Waals surface area contributed by atoms with Crippen LogP contribution in [0.25, 0.3) is 0 Å². The molecule has 3 rings (SSSR count). The molecule has 152 valence electrons. The van der Waals surface area contributed by atoms with Crippen molar-refractivity contribution in [3.63, 3.8) is 0 Å². The van der Waals surface area contributed by atoms with Gasteiger partial charge in [-0.15, -0.1) is 11.8 Å². The first kappa shape index (κ1) is 20.7. The molecule has 2 aromatic rings. The molecule has 29 heavy (non-hydrogen) atoms. The lowest BCUT2D eigenvalue weighted by Crippen LogP contribution is -2.48. The van der Waals surface area contributed by atoms with E-state index in [2.05, 4.69) is 15.8 Å². The van der Waals surface area contributed by atoms with Crippen molar-refractivity contribution in [1.82, 2.24) is 10.7 Å². The van der Waals surface area contributed by atoms with Crippen LogP contribution in [0.1, 0.15) is 29.8 Å². The Labute approximate surface area is 173 Å². The van der Waals surface area contributed by atoms with Gasteiger partial charge in [-0.05, 0) is 48.1 Å². The Balaban J connectivity index is 1.61. The number of hydrogen-bond donors (Lipinski definition) is 2. The molecule has 0 fully saturated rings. The van der Waals surface area contributed by atoms with Crippen LogP contribution in [0.3, 0.4) is 0 Å². The first-order valence-corrected chi connectivity index (χ1v) is 10.4. The van der Waals surface area contributed by atoms with Crippen molar-refractivity contribution >= 4 is 29.8 Å². The third kappa shape index (κ3) is 5.29. The number of thioether (sulfide) groups is 1. The van der Waals surface area contributed by atoms with Gasteiger partial charge in [0.1, 0.15) is 6.04 Å². The molecule has 0 aromatic heterocycles. The fourth-order valence-corrected chi connectivity index (χ4v) is 3.14. The van der Waals surface area contributed by atoms with Crippen molar-refractivity contribution in [1.29, 1.82) is 0 Å². The van der Waals surface area contributed by atoms with E-state index in [0.717, 1.165) is 10.5 Å². The summed E-state index contributed by atoms with van der Waals surface area (Å²) in [7, 11) is 0. The van der Waals surface area contributed by atoms with Gasteiger partial charge in [-0.3, -0.25) is 9.59 Å². The van der Waals surface area contributed by atoms with Crippen LogP contribution < -0.4 is 20.2 Å². The molecule has 1 unspecified atom stereocenters. The average Bonchev–Trinajstić information content (AvgIpc) is 3.19. The molecule has 0 saturated heterocycles. The van der Waals surface area contributed by atoms with Gasteiger partial charge < -0.3 is 14.8 Å². The maximum atomic E-state index is 12.6. The molecular weight excluding hydrogens is 390 g/mol. The smallest absolute Gasteiger partial charge is 0.262 e. The number of fused-ring (bicyclic) bond motifs is 1. The number of rotatable bonds is 7. The maximum Gasteiger partial charge on any atom is 0.262 e. The molecule has 8 heteroatoms. The van der Waals surface area contributed by atoms with Crippen molar-refractivity contribution < 1.29 is 19.1 Å². The molecule has 7 nitrogen and oxygen atoms in total. The first-order valence-electron chi connectivity index (χ1n) is 9.15. The standard InChI is InChI=1S/C21H23N3O4S/c1-13(2)19(21(26)24-22-11-14-4-7-16(29-3)8-5-14)23-20(25)15-6-9-17-18(10-15)28-12-27-17/h4-11,13,19H,12H2,1-3H3,(H,23,25)(H,24,26). The zero-order valence-corrected chi connectivity index (χ0v) is 17.3. The van der Waals surface area contributed by atoms with E-state index in [0.29, 0.717) is 17.1 Å². The van der Waals surface area contributed by atoms with Crippen LogP contribution in [0.2, 0.25) is 0 Å². The van der Waals surface area contributed by atoms with Crippen LogP contribution in [0.5, 0.6) is 11.5 Å². The van der Waals surface area contributed by atoms with E-state index >= 15 is 0 Å². The lowest BCUT2D eigenvalue weighted by Gasteiger charge is -2.20. The summed E-state index contributed by atoms with van der Waals surface area (Å²) in [5, 5.41) is 6.77. The SMILES string of the molecule is CSc1ccc(C=NNC(=O)C(NC(=O)c2ccc3c(c2)OCO3)C(C)C)cc1. The third-order valence-electron chi connectivity index (χ3n) is 4.37. The Kier molecular flexibility index (Phi) is 6.77. The number of nitrogens with one attached hydrogen (secondary N) is 2. The number of ether oxygens (including phenoxy) is 2. The van der Waals surface area contributed by atoms with Gasteiger partial charge in [-0.2, -0.15) is 5.10 Å². The summed E-state index contributed by atoms with van der Waals surface area (Å²) >= 11 is 1.65. The zero-order chi connectivity index (χ0) is 20.8. The van der Waals surface area contributed by atoms with Crippen molar-refractivity contribution in [3.8, 4) is 11.5 Å². The van der Waals surface area contributed by atoms with E-state index in [1.807, 2.05) is 44.4 Å². The summed E-state index contributed by atoms with van der Waals surface area (Å²) < 4.78 is 10.5. The summed E-state index contributed by atoms with van der Waals surface area (Å²) in [5.74, 6) is 0.240. The van der Waals surface area contributed by atoms with E-state index in [4.69, 9.17) is 9.47 Å². The summed E-state index contributed by atoms with van der Waals surface area (Å²) in [6.45, 7) is 3.85. The van der Waals surface area contributed by atoms with Crippen molar-refractivity contribution in [2.75, 3.05) is 13.0 Å². The highest BCUT2D eigenvalue weighted by molar-refractivity contribution is 7.98. The van der Waals surface area contributed by atoms with E-state index in [-0.39, 0.29) is 24.5 Å². The second-order valence-corrected chi connectivity index (χ2v) is 7.65. The molecule has 0 bridgehead atoms. The van der Waals surface area contributed by atoms with Crippen LogP contribution in [0.4, 0.5) is 0 Å². The van der Waals surface area contributed by atoms with Gasteiger partial charge in [0.15, 0.2) is 11.5 Å². The normalized spacial score (nSPS) is 13.5. The fourth-order valence-electron chi connectivity index (χ4n) is 2.73. The minimum atomic E-state index is -0.732. The molecule has 0 aliphatic carbocycles. The Bertz CT molecular complexity index is 913. The quantitative estimate of drug-likeness (QED) is 0.414. The number of hydrogen-bond acceptors (Lipinski definition) is 6. The molecule has 1 heterocycles. The van der Waals surface area contributed by atoms with Crippen LogP contribution in [-0.2, 0) is 4.79 Å². The Morgan fingerprint density at radius 1 is 1.10 bits per heavy atom. The molecule has 0 spiro atoms. The summed E-state index contributed by atoms with van der Waals surface area (Å²) in [6, 6.07) is 12.0. The van der Waals surface area contributed by atoms with E-state index in [1.54, 1.807) is 36.2 Å². The third-order valence-corrected chi connectivity index (χ3v) is 5.12. The number of hydrazone groups is 1. The predicted octanol–water partition coefficient (Wildman–Crippen LogP) is 3.04. The van der Waals surface area contributed by atoms with Crippen LogP contribution >= 0.6 is 11.8 Å². The van der Waals surface area contributed by atoms with Crippen LogP contribution in [-0.4, -0.2) is 37.1 Å². The van der Waals surface area contributed by atoms with Gasteiger partial charge in [0.2, 0.25) is 6.79 Å². The molecule has 2 aromatic carbocycles. The minimum absolute atomic E-state index is 0.121. The molecular formula is C21H23N3O4S.